The summed E-state index contributed by atoms with van der Waals surface area (Å²) in [6.45, 7) is 2.84. The Hall–Kier alpha value is -4.60. The van der Waals surface area contributed by atoms with Crippen molar-refractivity contribution in [2.45, 2.75) is 26.1 Å². The first-order valence-electron chi connectivity index (χ1n) is 11.6. The molecule has 7 nitrogen and oxygen atoms in total. The Balaban J connectivity index is 0.000000505. The second-order valence-corrected chi connectivity index (χ2v) is 8.23. The molecule has 4 aromatic rings. The largest absolute Gasteiger partial charge is 0.490 e. The van der Waals surface area contributed by atoms with Crippen LogP contribution in [0.5, 0.6) is 0 Å². The highest BCUT2D eigenvalue weighted by atomic mass is 19.4. The number of carboxylic acids is 1. The highest BCUT2D eigenvalue weighted by molar-refractivity contribution is 5.91. The number of nitrogens with two attached hydrogens (primary N) is 1. The van der Waals surface area contributed by atoms with Gasteiger partial charge in [-0.3, -0.25) is 0 Å². The zero-order valence-electron chi connectivity index (χ0n) is 20.5. The van der Waals surface area contributed by atoms with Gasteiger partial charge in [-0.05, 0) is 52.4 Å². The van der Waals surface area contributed by atoms with Gasteiger partial charge in [0.25, 0.3) is 0 Å². The van der Waals surface area contributed by atoms with Gasteiger partial charge in [-0.1, -0.05) is 60.7 Å². The number of hydrogen-bond acceptors (Lipinski definition) is 5. The van der Waals surface area contributed by atoms with E-state index in [1.807, 2.05) is 49.6 Å². The minimum absolute atomic E-state index is 0.297. The van der Waals surface area contributed by atoms with Crippen LogP contribution in [0.1, 0.15) is 39.5 Å². The van der Waals surface area contributed by atoms with Crippen LogP contribution in [0.15, 0.2) is 84.2 Å². The number of halogens is 3. The van der Waals surface area contributed by atoms with Gasteiger partial charge in [0.15, 0.2) is 0 Å². The lowest BCUT2D eigenvalue weighted by Crippen LogP contribution is -2.21. The standard InChI is InChI=1S/C26H25N3O2.C2HF3O2/c1-2-31-26(30)25-18-29(16-22-11-6-10-21-9-3-4-12-24(21)22)17-23(25)14-19-7-5-8-20(13-19)15-28-27;3-2(4,5)1(6)7/h3-13,15,17-18H,2,14,16,27H2,1H3;(H,6,7)/b28-15-;. The molecule has 0 saturated carbocycles. The number of nitrogens with zero attached hydrogens (tertiary/aromatic N) is 2. The fourth-order valence-corrected chi connectivity index (χ4v) is 3.90. The summed E-state index contributed by atoms with van der Waals surface area (Å²) in [5, 5.41) is 13.1. The van der Waals surface area contributed by atoms with Crippen molar-refractivity contribution in [1.29, 1.82) is 0 Å². The van der Waals surface area contributed by atoms with Crippen LogP contribution < -0.4 is 5.84 Å². The van der Waals surface area contributed by atoms with Crippen LogP contribution in [0.4, 0.5) is 13.2 Å². The predicted octanol–water partition coefficient (Wildman–Crippen LogP) is 5.38. The molecular weight excluding hydrogens is 499 g/mol. The topological polar surface area (TPSA) is 107 Å². The third kappa shape index (κ3) is 7.45. The maximum Gasteiger partial charge on any atom is 0.490 e. The Morgan fingerprint density at radius 1 is 1.03 bits per heavy atom. The van der Waals surface area contributed by atoms with E-state index in [1.54, 1.807) is 6.21 Å². The summed E-state index contributed by atoms with van der Waals surface area (Å²) in [5.41, 5.74) is 4.73. The van der Waals surface area contributed by atoms with Crippen molar-refractivity contribution >= 4 is 28.9 Å². The maximum atomic E-state index is 12.6. The Morgan fingerprint density at radius 3 is 2.39 bits per heavy atom. The summed E-state index contributed by atoms with van der Waals surface area (Å²) in [7, 11) is 0. The number of aromatic nitrogens is 1. The number of carbonyl (C=O) groups excluding carboxylic acids is 1. The predicted molar refractivity (Wildman–Crippen MR) is 138 cm³/mol. The first kappa shape index (κ1) is 28.0. The molecule has 0 amide bonds. The number of hydrogen-bond donors (Lipinski definition) is 2. The average Bonchev–Trinajstić information content (AvgIpc) is 3.27. The van der Waals surface area contributed by atoms with Crippen LogP contribution in [-0.2, 0) is 22.5 Å². The zero-order chi connectivity index (χ0) is 27.7. The van der Waals surface area contributed by atoms with E-state index in [-0.39, 0.29) is 5.97 Å². The van der Waals surface area contributed by atoms with Crippen molar-refractivity contribution < 1.29 is 32.6 Å². The van der Waals surface area contributed by atoms with Gasteiger partial charge in [-0.15, -0.1) is 0 Å². The number of carboxylic acid groups (broad SMARTS) is 1. The molecule has 1 aromatic heterocycles. The van der Waals surface area contributed by atoms with Crippen LogP contribution in [0.2, 0.25) is 0 Å². The molecule has 0 aliphatic heterocycles. The fourth-order valence-electron chi connectivity index (χ4n) is 3.90. The number of carbonyl (C=O) groups is 2. The first-order chi connectivity index (χ1) is 18.1. The summed E-state index contributed by atoms with van der Waals surface area (Å²) in [4.78, 5) is 21.5. The smallest absolute Gasteiger partial charge is 0.475 e. The van der Waals surface area contributed by atoms with E-state index in [1.165, 1.54) is 16.3 Å². The number of rotatable bonds is 7. The number of esters is 1. The maximum absolute atomic E-state index is 12.6. The highest BCUT2D eigenvalue weighted by Gasteiger charge is 2.38. The Morgan fingerprint density at radius 2 is 1.71 bits per heavy atom. The SMILES string of the molecule is CCOC(=O)c1cn(Cc2cccc3ccccc23)cc1Cc1cccc(/C=N\N)c1.O=C(O)C(F)(F)F. The molecule has 0 radical (unpaired) electrons. The van der Waals surface area contributed by atoms with E-state index in [0.29, 0.717) is 25.1 Å². The summed E-state index contributed by atoms with van der Waals surface area (Å²) in [6, 6.07) is 22.6. The van der Waals surface area contributed by atoms with E-state index in [9.17, 15) is 18.0 Å². The van der Waals surface area contributed by atoms with Crippen LogP contribution in [0.25, 0.3) is 10.8 Å². The van der Waals surface area contributed by atoms with Crippen LogP contribution in [-0.4, -0.2) is 40.6 Å². The summed E-state index contributed by atoms with van der Waals surface area (Å²) < 4.78 is 39.1. The quantitative estimate of drug-likeness (QED) is 0.146. The molecule has 0 aliphatic carbocycles. The van der Waals surface area contributed by atoms with E-state index < -0.39 is 12.1 Å². The van der Waals surface area contributed by atoms with Gasteiger partial charge in [-0.2, -0.15) is 18.3 Å². The second-order valence-electron chi connectivity index (χ2n) is 8.23. The van der Waals surface area contributed by atoms with Gasteiger partial charge in [0.1, 0.15) is 0 Å². The van der Waals surface area contributed by atoms with Gasteiger partial charge in [0.05, 0.1) is 18.4 Å². The molecule has 0 bridgehead atoms. The minimum atomic E-state index is -5.08. The lowest BCUT2D eigenvalue weighted by molar-refractivity contribution is -0.192. The molecule has 198 valence electrons. The molecular formula is C28H26F3N3O4. The molecule has 4 rings (SSSR count). The molecule has 0 atom stereocenters. The Bertz CT molecular complexity index is 1440. The molecule has 0 aliphatic rings. The van der Waals surface area contributed by atoms with Crippen molar-refractivity contribution in [3.05, 3.63) is 107 Å². The van der Waals surface area contributed by atoms with Crippen LogP contribution in [0.3, 0.4) is 0 Å². The Labute approximate surface area is 217 Å². The second kappa shape index (κ2) is 12.6. The molecule has 38 heavy (non-hydrogen) atoms. The zero-order valence-corrected chi connectivity index (χ0v) is 20.5. The van der Waals surface area contributed by atoms with Gasteiger partial charge < -0.3 is 20.3 Å². The van der Waals surface area contributed by atoms with E-state index in [0.717, 1.165) is 16.7 Å². The van der Waals surface area contributed by atoms with Gasteiger partial charge in [0, 0.05) is 18.9 Å². The van der Waals surface area contributed by atoms with Crippen LogP contribution >= 0.6 is 0 Å². The third-order valence-electron chi connectivity index (χ3n) is 5.50. The minimum Gasteiger partial charge on any atom is -0.475 e. The number of benzene rings is 3. The lowest BCUT2D eigenvalue weighted by atomic mass is 10.0. The molecule has 0 saturated heterocycles. The van der Waals surface area contributed by atoms with Gasteiger partial charge in [-0.25, -0.2) is 9.59 Å². The number of alkyl halides is 3. The molecule has 10 heteroatoms. The molecule has 1 heterocycles. The number of ether oxygens (including phenoxy) is 1. The molecule has 0 spiro atoms. The van der Waals surface area contributed by atoms with E-state index >= 15 is 0 Å². The van der Waals surface area contributed by atoms with Gasteiger partial charge >= 0.3 is 18.1 Å². The first-order valence-corrected chi connectivity index (χ1v) is 11.6. The van der Waals surface area contributed by atoms with E-state index in [4.69, 9.17) is 20.5 Å². The molecule has 3 N–H and O–H groups in total. The Kier molecular flexibility index (Phi) is 9.26. The third-order valence-corrected chi connectivity index (χ3v) is 5.50. The summed E-state index contributed by atoms with van der Waals surface area (Å²) >= 11 is 0. The number of hydrazone groups is 1. The number of fused-ring (bicyclic) bond motifs is 1. The average molecular weight is 526 g/mol. The monoisotopic (exact) mass is 525 g/mol. The van der Waals surface area contributed by atoms with Crippen molar-refractivity contribution in [2.24, 2.45) is 10.9 Å². The van der Waals surface area contributed by atoms with Crippen molar-refractivity contribution in [3.8, 4) is 0 Å². The van der Waals surface area contributed by atoms with Crippen LogP contribution in [0, 0.1) is 0 Å². The van der Waals surface area contributed by atoms with Crippen molar-refractivity contribution in [3.63, 3.8) is 0 Å². The normalized spacial score (nSPS) is 11.3. The lowest BCUT2D eigenvalue weighted by Gasteiger charge is -2.07. The molecule has 3 aromatic carbocycles. The van der Waals surface area contributed by atoms with Crippen molar-refractivity contribution in [2.75, 3.05) is 6.61 Å². The number of aliphatic carboxylic acids is 1. The molecule has 0 unspecified atom stereocenters. The van der Waals surface area contributed by atoms with E-state index in [2.05, 4.69) is 46.1 Å². The van der Waals surface area contributed by atoms with Gasteiger partial charge in [0.2, 0.25) is 0 Å². The molecule has 0 fully saturated rings. The van der Waals surface area contributed by atoms with Crippen molar-refractivity contribution in [1.82, 2.24) is 4.57 Å². The highest BCUT2D eigenvalue weighted by Crippen LogP contribution is 2.23. The summed E-state index contributed by atoms with van der Waals surface area (Å²) in [6.07, 6.45) is 1.07. The fraction of sp³-hybridized carbons (Fsp3) is 0.179. The summed E-state index contributed by atoms with van der Waals surface area (Å²) in [5.74, 6) is 2.23.